The molecule has 0 unspecified atom stereocenters. The van der Waals surface area contributed by atoms with Crippen molar-refractivity contribution in [3.63, 3.8) is 0 Å². The first-order valence-electron chi connectivity index (χ1n) is 6.01. The normalized spacial score (nSPS) is 12.3. The van der Waals surface area contributed by atoms with Crippen LogP contribution in [0.5, 0.6) is 5.88 Å². The first kappa shape index (κ1) is 13.7. The lowest BCUT2D eigenvalue weighted by molar-refractivity contribution is -0.115. The summed E-state index contributed by atoms with van der Waals surface area (Å²) >= 11 is 6.27. The van der Waals surface area contributed by atoms with E-state index in [9.17, 15) is 9.90 Å². The molecule has 1 amide bonds. The second-order valence-corrected chi connectivity index (χ2v) is 5.95. The van der Waals surface area contributed by atoms with Crippen LogP contribution in [0.15, 0.2) is 40.1 Å². The van der Waals surface area contributed by atoms with Gasteiger partial charge in [-0.25, -0.2) is 9.98 Å². The van der Waals surface area contributed by atoms with Crippen LogP contribution in [-0.2, 0) is 4.79 Å². The third-order valence-corrected chi connectivity index (χ3v) is 4.00. The maximum Gasteiger partial charge on any atom is 0.235 e. The van der Waals surface area contributed by atoms with Crippen molar-refractivity contribution in [2.45, 2.75) is 6.92 Å². The molecule has 0 fully saturated rings. The average molecular weight is 318 g/mol. The third kappa shape index (κ3) is 2.63. The second kappa shape index (κ2) is 5.23. The molecule has 2 heterocycles. The van der Waals surface area contributed by atoms with E-state index in [1.165, 1.54) is 18.3 Å². The molecule has 0 bridgehead atoms. The summed E-state index contributed by atoms with van der Waals surface area (Å²) in [6.07, 6.45) is 1.63. The van der Waals surface area contributed by atoms with Crippen LogP contribution in [-0.4, -0.2) is 15.7 Å². The average Bonchev–Trinajstić information content (AvgIpc) is 2.94. The monoisotopic (exact) mass is 318 g/mol. The summed E-state index contributed by atoms with van der Waals surface area (Å²) in [5, 5.41) is 11.7. The van der Waals surface area contributed by atoms with Crippen LogP contribution in [0.25, 0.3) is 6.08 Å². The summed E-state index contributed by atoms with van der Waals surface area (Å²) < 4.78 is 1.50. The molecule has 1 aliphatic heterocycles. The smallest absolute Gasteiger partial charge is 0.235 e. The van der Waals surface area contributed by atoms with Gasteiger partial charge in [-0.05, 0) is 24.4 Å². The van der Waals surface area contributed by atoms with Crippen LogP contribution in [0.4, 0.5) is 0 Å². The summed E-state index contributed by atoms with van der Waals surface area (Å²) in [6.45, 7) is 1.34. The molecule has 1 aromatic carbocycles. The van der Waals surface area contributed by atoms with E-state index in [-0.39, 0.29) is 11.8 Å². The highest BCUT2D eigenvalue weighted by molar-refractivity contribution is 7.73. The molecule has 8 heteroatoms. The van der Waals surface area contributed by atoms with Crippen LogP contribution in [0.3, 0.4) is 0 Å². The molecule has 0 atom stereocenters. The predicted molar refractivity (Wildman–Crippen MR) is 81.6 cm³/mol. The van der Waals surface area contributed by atoms with Crippen molar-refractivity contribution in [3.05, 3.63) is 49.6 Å². The lowest BCUT2D eigenvalue weighted by atomic mass is 10.3. The number of thiazole rings is 1. The zero-order chi connectivity index (χ0) is 15.0. The van der Waals surface area contributed by atoms with Gasteiger partial charge in [-0.2, -0.15) is 4.68 Å². The SMILES string of the molecule is CC(=O)Nn1c(O)c(C=C2N=c3ccccc3=N2)sc1=S. The number of aromatic hydroxyl groups is 1. The summed E-state index contributed by atoms with van der Waals surface area (Å²) in [5.41, 5.74) is 2.45. The number of benzene rings is 1. The number of aromatic nitrogens is 1. The van der Waals surface area contributed by atoms with Gasteiger partial charge >= 0.3 is 0 Å². The number of rotatable bonds is 2. The number of carbonyl (C=O) groups excluding carboxylic acids is 1. The van der Waals surface area contributed by atoms with Gasteiger partial charge in [0.1, 0.15) is 0 Å². The van der Waals surface area contributed by atoms with Crippen molar-refractivity contribution < 1.29 is 9.90 Å². The van der Waals surface area contributed by atoms with E-state index in [0.717, 1.165) is 15.4 Å². The highest BCUT2D eigenvalue weighted by atomic mass is 32.1. The molecule has 0 spiro atoms. The van der Waals surface area contributed by atoms with Crippen LogP contribution >= 0.6 is 23.6 Å². The largest absolute Gasteiger partial charge is 0.492 e. The van der Waals surface area contributed by atoms with Gasteiger partial charge in [-0.1, -0.05) is 23.5 Å². The Morgan fingerprint density at radius 2 is 2.00 bits per heavy atom. The van der Waals surface area contributed by atoms with Gasteiger partial charge in [0.15, 0.2) is 9.78 Å². The van der Waals surface area contributed by atoms with Crippen LogP contribution < -0.4 is 16.1 Å². The number of amides is 1. The fourth-order valence-corrected chi connectivity index (χ4v) is 3.00. The van der Waals surface area contributed by atoms with E-state index >= 15 is 0 Å². The van der Waals surface area contributed by atoms with Gasteiger partial charge in [-0.15, -0.1) is 0 Å². The first-order chi connectivity index (χ1) is 10.0. The maximum absolute atomic E-state index is 11.1. The van der Waals surface area contributed by atoms with Crippen molar-refractivity contribution in [1.82, 2.24) is 4.68 Å². The molecular weight excluding hydrogens is 308 g/mol. The van der Waals surface area contributed by atoms with Gasteiger partial charge in [0.2, 0.25) is 11.8 Å². The number of nitrogens with zero attached hydrogens (tertiary/aromatic N) is 3. The van der Waals surface area contributed by atoms with E-state index in [4.69, 9.17) is 12.2 Å². The molecule has 0 saturated carbocycles. The second-order valence-electron chi connectivity index (χ2n) is 4.27. The predicted octanol–water partition coefficient (Wildman–Crippen LogP) is 1.33. The number of hydrogen-bond acceptors (Lipinski definition) is 6. The molecule has 0 saturated heterocycles. The molecule has 0 radical (unpaired) electrons. The van der Waals surface area contributed by atoms with Gasteiger partial charge in [-0.3, -0.25) is 10.2 Å². The molecule has 3 rings (SSSR count). The van der Waals surface area contributed by atoms with Crippen LogP contribution in [0, 0.1) is 3.95 Å². The van der Waals surface area contributed by atoms with Crippen molar-refractivity contribution in [2.75, 3.05) is 5.43 Å². The van der Waals surface area contributed by atoms with Crippen LogP contribution in [0.1, 0.15) is 11.8 Å². The third-order valence-electron chi connectivity index (χ3n) is 2.69. The fourth-order valence-electron chi connectivity index (χ4n) is 1.84. The van der Waals surface area contributed by atoms with Gasteiger partial charge in [0.05, 0.1) is 15.6 Å². The van der Waals surface area contributed by atoms with Crippen LogP contribution in [0.2, 0.25) is 0 Å². The Hall–Kier alpha value is -2.32. The molecule has 1 aromatic heterocycles. The Balaban J connectivity index is 2.04. The summed E-state index contributed by atoms with van der Waals surface area (Å²) in [6, 6.07) is 7.50. The van der Waals surface area contributed by atoms with E-state index in [2.05, 4.69) is 15.4 Å². The van der Waals surface area contributed by atoms with Crippen molar-refractivity contribution in [2.24, 2.45) is 9.98 Å². The summed E-state index contributed by atoms with van der Waals surface area (Å²) in [5.74, 6) is 0.0350. The Labute approximate surface area is 128 Å². The van der Waals surface area contributed by atoms with Crippen molar-refractivity contribution >= 4 is 35.5 Å². The number of nitrogens with one attached hydrogen (secondary N) is 1. The Kier molecular flexibility index (Phi) is 3.40. The zero-order valence-corrected chi connectivity index (χ0v) is 12.5. The quantitative estimate of drug-likeness (QED) is 0.820. The molecular formula is C13H10N4O2S2. The van der Waals surface area contributed by atoms with E-state index in [0.29, 0.717) is 14.7 Å². The highest BCUT2D eigenvalue weighted by Gasteiger charge is 2.12. The minimum atomic E-state index is -0.318. The van der Waals surface area contributed by atoms with E-state index < -0.39 is 0 Å². The first-order valence-corrected chi connectivity index (χ1v) is 7.23. The molecule has 2 aromatic rings. The minimum absolute atomic E-state index is 0.131. The van der Waals surface area contributed by atoms with E-state index in [1.807, 2.05) is 24.3 Å². The standard InChI is InChI=1S/C13H10N4O2S2/c1-7(18)16-17-12(19)10(21-13(17)20)6-11-14-8-4-2-3-5-9(8)15-11/h2-6,19H,1H3,(H,16,18). The number of hydrogen-bond donors (Lipinski definition) is 2. The number of para-hydroxylation sites is 2. The lowest BCUT2D eigenvalue weighted by Gasteiger charge is -2.03. The van der Waals surface area contributed by atoms with Gasteiger partial charge < -0.3 is 5.11 Å². The minimum Gasteiger partial charge on any atom is -0.492 e. The molecule has 106 valence electrons. The summed E-state index contributed by atoms with van der Waals surface area (Å²) in [7, 11) is 0. The molecule has 0 aliphatic carbocycles. The highest BCUT2D eigenvalue weighted by Crippen LogP contribution is 2.27. The fraction of sp³-hybridized carbons (Fsp3) is 0.0769. The Morgan fingerprint density at radius 1 is 1.38 bits per heavy atom. The van der Waals surface area contributed by atoms with Gasteiger partial charge in [0, 0.05) is 13.0 Å². The molecule has 6 nitrogen and oxygen atoms in total. The topological polar surface area (TPSA) is 79.0 Å². The Bertz CT molecular complexity index is 903. The van der Waals surface area contributed by atoms with Gasteiger partial charge in [0.25, 0.3) is 0 Å². The summed E-state index contributed by atoms with van der Waals surface area (Å²) in [4.78, 5) is 20.3. The molecule has 2 N–H and O–H groups in total. The Morgan fingerprint density at radius 3 is 2.57 bits per heavy atom. The number of carbonyl (C=O) groups is 1. The maximum atomic E-state index is 11.1. The van der Waals surface area contributed by atoms with Crippen molar-refractivity contribution in [3.8, 4) is 5.88 Å². The van der Waals surface area contributed by atoms with E-state index in [1.54, 1.807) is 6.08 Å². The van der Waals surface area contributed by atoms with Crippen molar-refractivity contribution in [1.29, 1.82) is 0 Å². The lowest BCUT2D eigenvalue weighted by Crippen LogP contribution is -2.19. The molecule has 1 aliphatic rings. The zero-order valence-electron chi connectivity index (χ0n) is 10.9. The number of fused-ring (bicyclic) bond motifs is 1. The molecule has 21 heavy (non-hydrogen) atoms.